The zero-order valence-corrected chi connectivity index (χ0v) is 24.9. The average Bonchev–Trinajstić information content (AvgIpc) is 2.99. The number of carbonyl (C=O) groups is 1. The fraction of sp³-hybridized carbons (Fsp3) is 0.406. The normalized spacial score (nSPS) is 18.6. The molecule has 0 radical (unpaired) electrons. The van der Waals surface area contributed by atoms with Gasteiger partial charge in [0.15, 0.2) is 6.10 Å². The number of nitrogens with zero attached hydrogens (tertiary/aromatic N) is 1. The van der Waals surface area contributed by atoms with Gasteiger partial charge >= 0.3 is 0 Å². The van der Waals surface area contributed by atoms with Crippen molar-refractivity contribution in [2.75, 3.05) is 37.7 Å². The molecule has 3 aromatic carbocycles. The zero-order chi connectivity index (χ0) is 29.3. The van der Waals surface area contributed by atoms with Crippen molar-refractivity contribution in [1.29, 1.82) is 0 Å². The number of rotatable bonds is 7. The number of nitrogens with one attached hydrogen (secondary N) is 1. The molecule has 218 valence electrons. The molecule has 1 saturated heterocycles. The topological polar surface area (TPSA) is 94.2 Å². The Morgan fingerprint density at radius 1 is 1.02 bits per heavy atom. The van der Waals surface area contributed by atoms with Crippen molar-refractivity contribution in [2.24, 2.45) is 0 Å². The lowest BCUT2D eigenvalue weighted by Crippen LogP contribution is -2.53. The number of ether oxygens (including phenoxy) is 3. The fourth-order valence-corrected chi connectivity index (χ4v) is 6.92. The summed E-state index contributed by atoms with van der Waals surface area (Å²) in [7, 11) is -2.49. The molecule has 41 heavy (non-hydrogen) atoms. The lowest BCUT2D eigenvalue weighted by atomic mass is 9.74. The third kappa shape index (κ3) is 5.92. The van der Waals surface area contributed by atoms with E-state index in [1.54, 1.807) is 18.2 Å². The van der Waals surface area contributed by atoms with E-state index in [-0.39, 0.29) is 28.2 Å². The molecule has 1 N–H and O–H groups in total. The van der Waals surface area contributed by atoms with Crippen molar-refractivity contribution in [2.45, 2.75) is 55.4 Å². The van der Waals surface area contributed by atoms with E-state index in [0.29, 0.717) is 36.9 Å². The highest BCUT2D eigenvalue weighted by atomic mass is 32.2. The number of benzene rings is 3. The van der Waals surface area contributed by atoms with Crippen molar-refractivity contribution in [3.63, 3.8) is 0 Å². The van der Waals surface area contributed by atoms with Crippen LogP contribution in [0, 0.1) is 0 Å². The van der Waals surface area contributed by atoms with Gasteiger partial charge in [0, 0.05) is 25.2 Å². The minimum Gasteiger partial charge on any atom is -0.497 e. The third-order valence-corrected chi connectivity index (χ3v) is 9.87. The standard InChI is InChI=1S/C32H38N2O6S/c1-31(2,3)24-10-15-28-27(20-24)34(41(36,37)26-13-11-25(38-4)12-14-26)21-29(40-28)30(35)33-22-32(16-18-39-19-17-32)23-8-6-5-7-9-23/h5-15,20,29H,16-19,21-22H2,1-4H3,(H,33,35)/t29-/m0/s1. The van der Waals surface area contributed by atoms with E-state index in [2.05, 4.69) is 38.2 Å². The van der Waals surface area contributed by atoms with Gasteiger partial charge in [-0.3, -0.25) is 9.10 Å². The predicted octanol–water partition coefficient (Wildman–Crippen LogP) is 4.81. The number of carbonyl (C=O) groups excluding carboxylic acids is 1. The molecule has 2 heterocycles. The summed E-state index contributed by atoms with van der Waals surface area (Å²) in [5.41, 5.74) is 2.05. The molecule has 0 saturated carbocycles. The second-order valence-corrected chi connectivity index (χ2v) is 13.6. The molecule has 0 unspecified atom stereocenters. The highest BCUT2D eigenvalue weighted by molar-refractivity contribution is 7.92. The first kappa shape index (κ1) is 29.0. The summed E-state index contributed by atoms with van der Waals surface area (Å²) in [6, 6.07) is 21.9. The van der Waals surface area contributed by atoms with Crippen LogP contribution in [0.2, 0.25) is 0 Å². The summed E-state index contributed by atoms with van der Waals surface area (Å²) in [5.74, 6) is 0.552. The second-order valence-electron chi connectivity index (χ2n) is 11.7. The largest absolute Gasteiger partial charge is 0.497 e. The summed E-state index contributed by atoms with van der Waals surface area (Å²) in [4.78, 5) is 13.7. The van der Waals surface area contributed by atoms with E-state index < -0.39 is 16.1 Å². The van der Waals surface area contributed by atoms with Crippen LogP contribution < -0.4 is 19.1 Å². The van der Waals surface area contributed by atoms with Crippen molar-refractivity contribution in [1.82, 2.24) is 5.32 Å². The van der Waals surface area contributed by atoms with Gasteiger partial charge in [-0.05, 0) is 65.8 Å². The van der Waals surface area contributed by atoms with Crippen LogP contribution in [0.5, 0.6) is 11.5 Å². The second kappa shape index (κ2) is 11.4. The molecule has 2 aliphatic rings. The molecule has 9 heteroatoms. The molecule has 1 fully saturated rings. The van der Waals surface area contributed by atoms with Crippen molar-refractivity contribution in [3.05, 3.63) is 83.9 Å². The molecule has 2 aliphatic heterocycles. The molecular formula is C32H38N2O6S. The zero-order valence-electron chi connectivity index (χ0n) is 24.1. The summed E-state index contributed by atoms with van der Waals surface area (Å²) in [6.07, 6.45) is 0.530. The smallest absolute Gasteiger partial charge is 0.264 e. The predicted molar refractivity (Wildman–Crippen MR) is 158 cm³/mol. The minimum atomic E-state index is -4.02. The van der Waals surface area contributed by atoms with E-state index in [0.717, 1.165) is 24.0 Å². The maximum atomic E-state index is 14.0. The number of hydrogen-bond donors (Lipinski definition) is 1. The molecule has 0 spiro atoms. The van der Waals surface area contributed by atoms with Crippen LogP contribution in [0.1, 0.15) is 44.7 Å². The Morgan fingerprint density at radius 3 is 2.34 bits per heavy atom. The quantitative estimate of drug-likeness (QED) is 0.432. The van der Waals surface area contributed by atoms with Gasteiger partial charge in [-0.2, -0.15) is 0 Å². The molecule has 0 aliphatic carbocycles. The van der Waals surface area contributed by atoms with Gasteiger partial charge in [0.25, 0.3) is 15.9 Å². The van der Waals surface area contributed by atoms with Gasteiger partial charge in [0.2, 0.25) is 0 Å². The molecule has 5 rings (SSSR count). The maximum Gasteiger partial charge on any atom is 0.264 e. The highest BCUT2D eigenvalue weighted by Crippen LogP contribution is 2.40. The molecular weight excluding hydrogens is 540 g/mol. The molecule has 0 bridgehead atoms. The van der Waals surface area contributed by atoms with Crippen LogP contribution >= 0.6 is 0 Å². The summed E-state index contributed by atoms with van der Waals surface area (Å²) in [6.45, 7) is 7.67. The summed E-state index contributed by atoms with van der Waals surface area (Å²) in [5, 5.41) is 3.10. The Bertz CT molecular complexity index is 1480. The van der Waals surface area contributed by atoms with E-state index >= 15 is 0 Å². The molecule has 3 aromatic rings. The Hall–Kier alpha value is -3.56. The van der Waals surface area contributed by atoms with Crippen LogP contribution in [-0.2, 0) is 30.4 Å². The number of anilines is 1. The Morgan fingerprint density at radius 2 is 1.71 bits per heavy atom. The summed E-state index contributed by atoms with van der Waals surface area (Å²) >= 11 is 0. The van der Waals surface area contributed by atoms with Crippen LogP contribution in [0.4, 0.5) is 5.69 Å². The Labute approximate surface area is 242 Å². The molecule has 1 atom stereocenters. The number of sulfonamides is 1. The van der Waals surface area contributed by atoms with E-state index in [1.165, 1.54) is 23.5 Å². The number of amides is 1. The number of methoxy groups -OCH3 is 1. The van der Waals surface area contributed by atoms with E-state index in [1.807, 2.05) is 30.3 Å². The molecule has 1 amide bonds. The average molecular weight is 579 g/mol. The fourth-order valence-electron chi connectivity index (χ4n) is 5.45. The Kier molecular flexibility index (Phi) is 8.03. The van der Waals surface area contributed by atoms with Gasteiger partial charge in [-0.15, -0.1) is 0 Å². The first-order chi connectivity index (χ1) is 19.5. The van der Waals surface area contributed by atoms with Gasteiger partial charge in [-0.25, -0.2) is 8.42 Å². The lowest BCUT2D eigenvalue weighted by molar-refractivity contribution is -0.128. The van der Waals surface area contributed by atoms with Gasteiger partial charge < -0.3 is 19.5 Å². The van der Waals surface area contributed by atoms with Crippen LogP contribution in [0.25, 0.3) is 0 Å². The summed E-state index contributed by atoms with van der Waals surface area (Å²) < 4.78 is 46.3. The van der Waals surface area contributed by atoms with Crippen molar-refractivity contribution in [3.8, 4) is 11.5 Å². The molecule has 8 nitrogen and oxygen atoms in total. The first-order valence-electron chi connectivity index (χ1n) is 13.9. The van der Waals surface area contributed by atoms with Gasteiger partial charge in [0.05, 0.1) is 24.2 Å². The monoisotopic (exact) mass is 578 g/mol. The first-order valence-corrected chi connectivity index (χ1v) is 15.4. The van der Waals surface area contributed by atoms with Crippen molar-refractivity contribution >= 4 is 21.6 Å². The highest BCUT2D eigenvalue weighted by Gasteiger charge is 2.40. The minimum absolute atomic E-state index is 0.108. The number of fused-ring (bicyclic) bond motifs is 1. The van der Waals surface area contributed by atoms with Crippen LogP contribution in [-0.4, -0.2) is 53.8 Å². The van der Waals surface area contributed by atoms with Crippen LogP contribution in [0.3, 0.4) is 0 Å². The maximum absolute atomic E-state index is 14.0. The van der Waals surface area contributed by atoms with Gasteiger partial charge in [0.1, 0.15) is 11.5 Å². The van der Waals surface area contributed by atoms with Crippen LogP contribution in [0.15, 0.2) is 77.7 Å². The number of hydrogen-bond acceptors (Lipinski definition) is 6. The SMILES string of the molecule is COc1ccc(S(=O)(=O)N2C[C@@H](C(=O)NCC3(c4ccccc4)CCOCC3)Oc3ccc(C(C)(C)C)cc32)cc1. The molecule has 0 aromatic heterocycles. The van der Waals surface area contributed by atoms with E-state index in [4.69, 9.17) is 14.2 Å². The lowest BCUT2D eigenvalue weighted by Gasteiger charge is -2.39. The van der Waals surface area contributed by atoms with Crippen molar-refractivity contribution < 1.29 is 27.4 Å². The third-order valence-electron chi connectivity index (χ3n) is 8.07. The van der Waals surface area contributed by atoms with Gasteiger partial charge in [-0.1, -0.05) is 57.2 Å². The Balaban J connectivity index is 1.45. The van der Waals surface area contributed by atoms with E-state index in [9.17, 15) is 13.2 Å².